The van der Waals surface area contributed by atoms with Gasteiger partial charge in [-0.15, -0.1) is 11.3 Å². The molecule has 0 aliphatic carbocycles. The van der Waals surface area contributed by atoms with Crippen LogP contribution >= 0.6 is 11.3 Å². The van der Waals surface area contributed by atoms with Gasteiger partial charge in [0.1, 0.15) is 23.6 Å². The summed E-state index contributed by atoms with van der Waals surface area (Å²) in [7, 11) is 0. The van der Waals surface area contributed by atoms with Gasteiger partial charge in [0.25, 0.3) is 0 Å². The van der Waals surface area contributed by atoms with Gasteiger partial charge in [0.2, 0.25) is 0 Å². The van der Waals surface area contributed by atoms with E-state index in [1.807, 2.05) is 24.3 Å². The lowest BCUT2D eigenvalue weighted by Crippen LogP contribution is -2.10. The maximum absolute atomic E-state index is 9.63. The number of fused-ring (bicyclic) bond motifs is 1. The number of phenols is 1. The molecule has 0 aliphatic rings. The molecular formula is C19H18N4O2S. The Balaban J connectivity index is 1.66. The van der Waals surface area contributed by atoms with Crippen LogP contribution in [0, 0.1) is 0 Å². The minimum Gasteiger partial charge on any atom is -0.508 e. The Kier molecular flexibility index (Phi) is 4.55. The first kappa shape index (κ1) is 16.6. The number of aromatic nitrogens is 2. The van der Waals surface area contributed by atoms with Gasteiger partial charge >= 0.3 is 0 Å². The summed E-state index contributed by atoms with van der Waals surface area (Å²) in [6, 6.07) is 12.9. The number of hydrogen-bond acceptors (Lipinski definition) is 7. The van der Waals surface area contributed by atoms with Crippen LogP contribution in [0.4, 0.5) is 11.5 Å². The van der Waals surface area contributed by atoms with Crippen molar-refractivity contribution in [2.75, 3.05) is 11.9 Å². The molecule has 3 N–H and O–H groups in total. The summed E-state index contributed by atoms with van der Waals surface area (Å²) >= 11 is 1.57. The Labute approximate surface area is 154 Å². The number of furan rings is 1. The molecule has 0 radical (unpaired) electrons. The molecule has 3 aromatic heterocycles. The van der Waals surface area contributed by atoms with Crippen LogP contribution in [0.5, 0.6) is 5.75 Å². The summed E-state index contributed by atoms with van der Waals surface area (Å²) in [5.41, 5.74) is 1.62. The molecule has 4 aromatic rings. The minimum atomic E-state index is 0.205. The molecule has 1 aromatic carbocycles. The second-order valence-corrected chi connectivity index (χ2v) is 6.82. The summed E-state index contributed by atoms with van der Waals surface area (Å²) in [4.78, 5) is 9.71. The van der Waals surface area contributed by atoms with Gasteiger partial charge in [-0.05, 0) is 36.9 Å². The number of rotatable bonds is 6. The number of hydrogen-bond donors (Lipinski definition) is 3. The van der Waals surface area contributed by atoms with Crippen LogP contribution < -0.4 is 10.6 Å². The fourth-order valence-corrected chi connectivity index (χ4v) is 3.66. The smallest absolute Gasteiger partial charge is 0.151 e. The van der Waals surface area contributed by atoms with E-state index in [1.54, 1.807) is 29.5 Å². The van der Waals surface area contributed by atoms with E-state index in [4.69, 9.17) is 4.42 Å². The lowest BCUT2D eigenvalue weighted by atomic mass is 10.3. The van der Waals surface area contributed by atoms with E-state index in [2.05, 4.69) is 27.5 Å². The number of nitrogens with zero attached hydrogens (tertiary/aromatic N) is 2. The molecule has 132 valence electrons. The van der Waals surface area contributed by atoms with Crippen molar-refractivity contribution in [1.29, 1.82) is 0 Å². The summed E-state index contributed by atoms with van der Waals surface area (Å²) < 4.78 is 6.86. The molecular weight excluding hydrogens is 348 g/mol. The van der Waals surface area contributed by atoms with Crippen LogP contribution in [0.15, 0.2) is 53.2 Å². The first-order valence-electron chi connectivity index (χ1n) is 8.33. The van der Waals surface area contributed by atoms with Crippen LogP contribution in [0.1, 0.15) is 12.7 Å². The number of nitrogens with one attached hydrogen (secondary N) is 2. The first-order valence-corrected chi connectivity index (χ1v) is 9.15. The van der Waals surface area contributed by atoms with E-state index in [9.17, 15) is 5.11 Å². The first-order chi connectivity index (χ1) is 12.7. The largest absolute Gasteiger partial charge is 0.508 e. The van der Waals surface area contributed by atoms with E-state index < -0.39 is 0 Å². The SMILES string of the molecule is CCNCc1ccc(-c2cc3ncnc(Nc4cccc(O)c4)c3s2)o1. The van der Waals surface area contributed by atoms with Gasteiger partial charge in [-0.1, -0.05) is 13.0 Å². The number of thiophene rings is 1. The van der Waals surface area contributed by atoms with E-state index >= 15 is 0 Å². The van der Waals surface area contributed by atoms with Gasteiger partial charge in [-0.2, -0.15) is 0 Å². The Bertz CT molecular complexity index is 1040. The van der Waals surface area contributed by atoms with Crippen molar-refractivity contribution in [1.82, 2.24) is 15.3 Å². The monoisotopic (exact) mass is 366 g/mol. The zero-order valence-electron chi connectivity index (χ0n) is 14.2. The Morgan fingerprint density at radius 3 is 2.92 bits per heavy atom. The van der Waals surface area contributed by atoms with Gasteiger partial charge in [0, 0.05) is 11.8 Å². The molecule has 26 heavy (non-hydrogen) atoms. The number of aromatic hydroxyl groups is 1. The summed E-state index contributed by atoms with van der Waals surface area (Å²) in [5.74, 6) is 2.64. The standard InChI is InChI=1S/C19H18N4O2S/c1-2-20-10-14-6-7-16(25-14)17-9-15-18(26-17)19(22-11-21-15)23-12-4-3-5-13(24)8-12/h3-9,11,20,24H,2,10H2,1H3,(H,21,22,23). The third kappa shape index (κ3) is 3.40. The van der Waals surface area contributed by atoms with E-state index in [0.29, 0.717) is 12.4 Å². The molecule has 0 unspecified atom stereocenters. The zero-order valence-corrected chi connectivity index (χ0v) is 15.0. The van der Waals surface area contributed by atoms with Crippen molar-refractivity contribution in [3.05, 3.63) is 54.6 Å². The maximum Gasteiger partial charge on any atom is 0.151 e. The summed E-state index contributed by atoms with van der Waals surface area (Å²) in [6.07, 6.45) is 1.53. The van der Waals surface area contributed by atoms with Crippen LogP contribution in [-0.4, -0.2) is 21.6 Å². The van der Waals surface area contributed by atoms with E-state index in [1.165, 1.54) is 6.33 Å². The molecule has 4 rings (SSSR count). The predicted molar refractivity (Wildman–Crippen MR) is 104 cm³/mol. The highest BCUT2D eigenvalue weighted by Crippen LogP contribution is 2.37. The van der Waals surface area contributed by atoms with Gasteiger partial charge in [-0.3, -0.25) is 0 Å². The maximum atomic E-state index is 9.63. The topological polar surface area (TPSA) is 83.2 Å². The van der Waals surface area contributed by atoms with Crippen molar-refractivity contribution >= 4 is 33.1 Å². The molecule has 0 atom stereocenters. The second-order valence-electron chi connectivity index (χ2n) is 5.77. The Morgan fingerprint density at radius 1 is 1.15 bits per heavy atom. The fourth-order valence-electron chi connectivity index (χ4n) is 2.64. The average Bonchev–Trinajstić information content (AvgIpc) is 3.27. The van der Waals surface area contributed by atoms with Gasteiger partial charge in [-0.25, -0.2) is 9.97 Å². The van der Waals surface area contributed by atoms with Crippen molar-refractivity contribution in [3.8, 4) is 16.4 Å². The molecule has 0 amide bonds. The van der Waals surface area contributed by atoms with Crippen molar-refractivity contribution in [2.24, 2.45) is 0 Å². The van der Waals surface area contributed by atoms with E-state index in [0.717, 1.165) is 38.8 Å². The molecule has 0 saturated heterocycles. The molecule has 7 heteroatoms. The molecule has 0 aliphatic heterocycles. The van der Waals surface area contributed by atoms with Gasteiger partial charge < -0.3 is 20.2 Å². The minimum absolute atomic E-state index is 0.205. The number of anilines is 2. The molecule has 3 heterocycles. The Morgan fingerprint density at radius 2 is 2.08 bits per heavy atom. The lowest BCUT2D eigenvalue weighted by Gasteiger charge is -2.06. The summed E-state index contributed by atoms with van der Waals surface area (Å²) in [5, 5.41) is 16.1. The summed E-state index contributed by atoms with van der Waals surface area (Å²) in [6.45, 7) is 3.68. The molecule has 6 nitrogen and oxygen atoms in total. The van der Waals surface area contributed by atoms with Crippen LogP contribution in [-0.2, 0) is 6.54 Å². The van der Waals surface area contributed by atoms with Gasteiger partial charge in [0.15, 0.2) is 5.82 Å². The van der Waals surface area contributed by atoms with Crippen LogP contribution in [0.2, 0.25) is 0 Å². The van der Waals surface area contributed by atoms with Crippen molar-refractivity contribution < 1.29 is 9.52 Å². The molecule has 0 spiro atoms. The second kappa shape index (κ2) is 7.15. The highest BCUT2D eigenvalue weighted by atomic mass is 32.1. The lowest BCUT2D eigenvalue weighted by molar-refractivity contribution is 0.475. The zero-order chi connectivity index (χ0) is 17.9. The van der Waals surface area contributed by atoms with Crippen molar-refractivity contribution in [2.45, 2.75) is 13.5 Å². The highest BCUT2D eigenvalue weighted by molar-refractivity contribution is 7.22. The number of phenolic OH excluding ortho intramolecular Hbond substituents is 1. The normalized spacial score (nSPS) is 11.1. The van der Waals surface area contributed by atoms with Crippen LogP contribution in [0.25, 0.3) is 20.9 Å². The molecule has 0 saturated carbocycles. The molecule has 0 bridgehead atoms. The van der Waals surface area contributed by atoms with E-state index in [-0.39, 0.29) is 5.75 Å². The third-order valence-corrected chi connectivity index (χ3v) is 5.02. The Hall–Kier alpha value is -2.90. The highest BCUT2D eigenvalue weighted by Gasteiger charge is 2.13. The quantitative estimate of drug-likeness (QED) is 0.466. The van der Waals surface area contributed by atoms with Crippen molar-refractivity contribution in [3.63, 3.8) is 0 Å². The fraction of sp³-hybridized carbons (Fsp3) is 0.158. The number of benzene rings is 1. The average molecular weight is 366 g/mol. The van der Waals surface area contributed by atoms with Gasteiger partial charge in [0.05, 0.1) is 21.6 Å². The predicted octanol–water partition coefficient (Wildman–Crippen LogP) is 4.51. The van der Waals surface area contributed by atoms with Crippen LogP contribution in [0.3, 0.4) is 0 Å². The third-order valence-electron chi connectivity index (χ3n) is 3.87. The molecule has 0 fully saturated rings.